The summed E-state index contributed by atoms with van der Waals surface area (Å²) < 4.78 is 3.54. The van der Waals surface area contributed by atoms with E-state index in [0.29, 0.717) is 22.9 Å². The lowest BCUT2D eigenvalue weighted by Gasteiger charge is -2.40. The van der Waals surface area contributed by atoms with Crippen LogP contribution >= 0.6 is 0 Å². The number of aromatic nitrogens is 5. The molecule has 106 valence electrons. The molecule has 1 aliphatic rings. The van der Waals surface area contributed by atoms with Gasteiger partial charge in [-0.2, -0.15) is 5.10 Å². The second kappa shape index (κ2) is 4.41. The second-order valence-corrected chi connectivity index (χ2v) is 5.21. The van der Waals surface area contributed by atoms with Gasteiger partial charge in [-0.05, 0) is 12.1 Å². The lowest BCUT2D eigenvalue weighted by Crippen LogP contribution is -2.50. The molecule has 3 aromatic heterocycles. The van der Waals surface area contributed by atoms with E-state index in [1.165, 1.54) is 0 Å². The van der Waals surface area contributed by atoms with Crippen LogP contribution < -0.4 is 10.5 Å². The highest BCUT2D eigenvalue weighted by Crippen LogP contribution is 2.25. The Morgan fingerprint density at radius 3 is 2.90 bits per heavy atom. The molecular weight excluding hydrogens is 268 g/mol. The van der Waals surface area contributed by atoms with Crippen LogP contribution in [0.25, 0.3) is 10.9 Å². The summed E-state index contributed by atoms with van der Waals surface area (Å²) in [5.74, 6) is 0.684. The van der Waals surface area contributed by atoms with Crippen molar-refractivity contribution in [2.75, 3.05) is 18.0 Å². The fourth-order valence-corrected chi connectivity index (χ4v) is 2.68. The number of rotatable bonds is 2. The minimum absolute atomic E-state index is 0.0417. The molecule has 0 aliphatic carbocycles. The molecule has 1 fully saturated rings. The number of hydrogen-bond acceptors (Lipinski definition) is 5. The number of hydrogen-bond donors (Lipinski definition) is 0. The van der Waals surface area contributed by atoms with Gasteiger partial charge in [0.1, 0.15) is 0 Å². The molecule has 7 heteroatoms. The van der Waals surface area contributed by atoms with Crippen LogP contribution in [0.5, 0.6) is 0 Å². The highest BCUT2D eigenvalue weighted by atomic mass is 16.1. The van der Waals surface area contributed by atoms with Gasteiger partial charge in [-0.3, -0.25) is 19.0 Å². The van der Waals surface area contributed by atoms with Crippen molar-refractivity contribution in [1.29, 1.82) is 0 Å². The van der Waals surface area contributed by atoms with Crippen molar-refractivity contribution in [2.45, 2.75) is 6.04 Å². The first-order valence-electron chi connectivity index (χ1n) is 6.79. The summed E-state index contributed by atoms with van der Waals surface area (Å²) in [6, 6.07) is 3.96. The van der Waals surface area contributed by atoms with Crippen molar-refractivity contribution in [3.63, 3.8) is 0 Å². The van der Waals surface area contributed by atoms with Crippen LogP contribution in [0.15, 0.2) is 41.7 Å². The van der Waals surface area contributed by atoms with Gasteiger partial charge in [0, 0.05) is 38.7 Å². The lowest BCUT2D eigenvalue weighted by molar-refractivity contribution is 0.360. The first-order chi connectivity index (χ1) is 10.2. The molecule has 0 amide bonds. The van der Waals surface area contributed by atoms with Gasteiger partial charge in [0.15, 0.2) is 0 Å². The quantitative estimate of drug-likeness (QED) is 0.688. The third kappa shape index (κ3) is 1.81. The zero-order chi connectivity index (χ0) is 14.4. The summed E-state index contributed by atoms with van der Waals surface area (Å²) in [6.45, 7) is 1.60. The van der Waals surface area contributed by atoms with E-state index in [1.807, 2.05) is 16.9 Å². The van der Waals surface area contributed by atoms with Gasteiger partial charge >= 0.3 is 0 Å². The second-order valence-electron chi connectivity index (χ2n) is 5.21. The van der Waals surface area contributed by atoms with Crippen LogP contribution in [0.1, 0.15) is 6.04 Å². The minimum Gasteiger partial charge on any atom is -0.338 e. The summed E-state index contributed by atoms with van der Waals surface area (Å²) in [4.78, 5) is 23.0. The Bertz CT molecular complexity index is 848. The Kier molecular flexibility index (Phi) is 2.53. The van der Waals surface area contributed by atoms with Crippen LogP contribution in [-0.2, 0) is 7.05 Å². The summed E-state index contributed by atoms with van der Waals surface area (Å²) in [5, 5.41) is 4.84. The fraction of sp³-hybridized carbons (Fsp3) is 0.286. The molecule has 0 radical (unpaired) electrons. The van der Waals surface area contributed by atoms with Crippen molar-refractivity contribution >= 4 is 16.9 Å². The van der Waals surface area contributed by atoms with Gasteiger partial charge in [-0.1, -0.05) is 0 Å². The molecule has 0 bridgehead atoms. The SMILES string of the molecule is Cn1c(N2CC(n3cccn3)C2)nc2cnccc2c1=O. The molecule has 0 N–H and O–H groups in total. The van der Waals surface area contributed by atoms with Gasteiger partial charge in [0.2, 0.25) is 5.95 Å². The molecule has 21 heavy (non-hydrogen) atoms. The molecular formula is C14H14N6O. The monoisotopic (exact) mass is 282 g/mol. The molecule has 1 saturated heterocycles. The van der Waals surface area contributed by atoms with Crippen molar-refractivity contribution in [1.82, 2.24) is 24.3 Å². The molecule has 0 aromatic carbocycles. The third-order valence-corrected chi connectivity index (χ3v) is 3.90. The van der Waals surface area contributed by atoms with Gasteiger partial charge in [0.05, 0.1) is 23.1 Å². The van der Waals surface area contributed by atoms with Crippen molar-refractivity contribution in [3.8, 4) is 0 Å². The van der Waals surface area contributed by atoms with Gasteiger partial charge in [-0.25, -0.2) is 4.98 Å². The zero-order valence-electron chi connectivity index (χ0n) is 11.5. The van der Waals surface area contributed by atoms with E-state index in [-0.39, 0.29) is 5.56 Å². The Morgan fingerprint density at radius 2 is 2.14 bits per heavy atom. The van der Waals surface area contributed by atoms with E-state index in [9.17, 15) is 4.79 Å². The average molecular weight is 282 g/mol. The largest absolute Gasteiger partial charge is 0.338 e. The summed E-state index contributed by atoms with van der Waals surface area (Å²) >= 11 is 0. The van der Waals surface area contributed by atoms with E-state index >= 15 is 0 Å². The fourth-order valence-electron chi connectivity index (χ4n) is 2.68. The summed E-state index contributed by atoms with van der Waals surface area (Å²) in [6.07, 6.45) is 6.98. The maximum Gasteiger partial charge on any atom is 0.262 e. The summed E-state index contributed by atoms with van der Waals surface area (Å²) in [5.41, 5.74) is 0.595. The molecule has 3 aromatic rings. The Balaban J connectivity index is 1.69. The smallest absolute Gasteiger partial charge is 0.262 e. The molecule has 0 atom stereocenters. The predicted molar refractivity (Wildman–Crippen MR) is 78.3 cm³/mol. The molecule has 4 heterocycles. The van der Waals surface area contributed by atoms with Crippen molar-refractivity contribution in [2.24, 2.45) is 7.05 Å². The van der Waals surface area contributed by atoms with Crippen LogP contribution in [0.4, 0.5) is 5.95 Å². The maximum atomic E-state index is 12.4. The van der Waals surface area contributed by atoms with Crippen LogP contribution in [-0.4, -0.2) is 37.4 Å². The zero-order valence-corrected chi connectivity index (χ0v) is 11.5. The van der Waals surface area contributed by atoms with E-state index in [2.05, 4.69) is 20.0 Å². The summed E-state index contributed by atoms with van der Waals surface area (Å²) in [7, 11) is 1.76. The van der Waals surface area contributed by atoms with Crippen molar-refractivity contribution < 1.29 is 0 Å². The molecule has 4 rings (SSSR count). The molecule has 1 aliphatic heterocycles. The molecule has 0 spiro atoms. The first-order valence-corrected chi connectivity index (χ1v) is 6.79. The molecule has 7 nitrogen and oxygen atoms in total. The minimum atomic E-state index is -0.0417. The molecule has 0 unspecified atom stereocenters. The first kappa shape index (κ1) is 12.1. The standard InChI is InChI=1S/C14H14N6O/c1-18-13(21)11-3-5-15-7-12(11)17-14(18)19-8-10(9-19)20-6-2-4-16-20/h2-7,10H,8-9H2,1H3. The number of pyridine rings is 1. The topological polar surface area (TPSA) is 68.8 Å². The predicted octanol–water partition coefficient (Wildman–Crippen LogP) is 0.586. The third-order valence-electron chi connectivity index (χ3n) is 3.90. The number of nitrogens with zero attached hydrogens (tertiary/aromatic N) is 6. The van der Waals surface area contributed by atoms with E-state index < -0.39 is 0 Å². The number of anilines is 1. The number of fused-ring (bicyclic) bond motifs is 1. The van der Waals surface area contributed by atoms with E-state index in [0.717, 1.165) is 13.1 Å². The lowest BCUT2D eigenvalue weighted by atomic mass is 10.1. The molecule has 0 saturated carbocycles. The van der Waals surface area contributed by atoms with Crippen molar-refractivity contribution in [3.05, 3.63) is 47.3 Å². The highest BCUT2D eigenvalue weighted by molar-refractivity contribution is 5.77. The maximum absolute atomic E-state index is 12.4. The van der Waals surface area contributed by atoms with E-state index in [1.54, 1.807) is 36.3 Å². The van der Waals surface area contributed by atoms with Crippen LogP contribution in [0, 0.1) is 0 Å². The Labute approximate surface area is 120 Å². The average Bonchev–Trinajstić information content (AvgIpc) is 2.96. The van der Waals surface area contributed by atoms with Crippen LogP contribution in [0.3, 0.4) is 0 Å². The Morgan fingerprint density at radius 1 is 1.29 bits per heavy atom. The van der Waals surface area contributed by atoms with Gasteiger partial charge < -0.3 is 4.90 Å². The normalized spacial score (nSPS) is 15.4. The Hall–Kier alpha value is -2.70. The van der Waals surface area contributed by atoms with Gasteiger partial charge in [0.25, 0.3) is 5.56 Å². The highest BCUT2D eigenvalue weighted by Gasteiger charge is 2.31. The van der Waals surface area contributed by atoms with Gasteiger partial charge in [-0.15, -0.1) is 0 Å². The van der Waals surface area contributed by atoms with Crippen LogP contribution in [0.2, 0.25) is 0 Å². The van der Waals surface area contributed by atoms with E-state index in [4.69, 9.17) is 0 Å².